The second-order valence-corrected chi connectivity index (χ2v) is 5.16. The highest BCUT2D eigenvalue weighted by molar-refractivity contribution is 5.38. The van der Waals surface area contributed by atoms with Crippen LogP contribution in [0, 0.1) is 5.82 Å². The molecule has 1 atom stereocenters. The molecule has 1 aromatic heterocycles. The highest BCUT2D eigenvalue weighted by atomic mass is 19.1. The molecule has 0 bridgehead atoms. The van der Waals surface area contributed by atoms with Gasteiger partial charge in [-0.2, -0.15) is 4.39 Å². The number of aromatic nitrogens is 2. The minimum Gasteiger partial charge on any atom is -0.362 e. The van der Waals surface area contributed by atoms with Crippen LogP contribution in [0.15, 0.2) is 39.9 Å². The van der Waals surface area contributed by atoms with Gasteiger partial charge in [-0.3, -0.25) is 14.3 Å². The summed E-state index contributed by atoms with van der Waals surface area (Å²) >= 11 is 0. The lowest BCUT2D eigenvalue weighted by molar-refractivity contribution is 0.498. The molecule has 0 fully saturated rings. The molecule has 1 unspecified atom stereocenters. The van der Waals surface area contributed by atoms with Gasteiger partial charge in [-0.1, -0.05) is 30.3 Å². The van der Waals surface area contributed by atoms with E-state index in [2.05, 4.69) is 10.3 Å². The number of halogens is 1. The molecular weight excluding hydrogens is 273 g/mol. The van der Waals surface area contributed by atoms with Gasteiger partial charge >= 0.3 is 5.69 Å². The molecule has 21 heavy (non-hydrogen) atoms. The van der Waals surface area contributed by atoms with Gasteiger partial charge in [0.25, 0.3) is 5.56 Å². The summed E-state index contributed by atoms with van der Waals surface area (Å²) in [5, 5.41) is 2.83. The summed E-state index contributed by atoms with van der Waals surface area (Å²) in [6, 6.07) is 8.71. The topological polar surface area (TPSA) is 66.9 Å². The average molecular weight is 291 g/mol. The summed E-state index contributed by atoms with van der Waals surface area (Å²) in [6.45, 7) is 5.12. The van der Waals surface area contributed by atoms with E-state index in [1.54, 1.807) is 13.8 Å². The van der Waals surface area contributed by atoms with E-state index in [1.807, 2.05) is 37.3 Å². The van der Waals surface area contributed by atoms with Crippen molar-refractivity contribution in [1.82, 2.24) is 9.55 Å². The Morgan fingerprint density at radius 1 is 1.14 bits per heavy atom. The van der Waals surface area contributed by atoms with Crippen LogP contribution in [-0.4, -0.2) is 9.55 Å². The minimum atomic E-state index is -0.980. The number of anilines is 1. The fourth-order valence-corrected chi connectivity index (χ4v) is 2.14. The van der Waals surface area contributed by atoms with Gasteiger partial charge in [-0.05, 0) is 26.3 Å². The zero-order valence-electron chi connectivity index (χ0n) is 12.2. The van der Waals surface area contributed by atoms with Gasteiger partial charge in [0.05, 0.1) is 0 Å². The largest absolute Gasteiger partial charge is 0.362 e. The van der Waals surface area contributed by atoms with Crippen molar-refractivity contribution in [2.45, 2.75) is 32.9 Å². The van der Waals surface area contributed by atoms with Gasteiger partial charge < -0.3 is 5.32 Å². The third kappa shape index (κ3) is 3.04. The van der Waals surface area contributed by atoms with Crippen LogP contribution in [0.3, 0.4) is 0 Å². The maximum atomic E-state index is 14.1. The first-order valence-corrected chi connectivity index (χ1v) is 6.77. The van der Waals surface area contributed by atoms with Gasteiger partial charge in [0.15, 0.2) is 0 Å². The molecule has 2 rings (SSSR count). The third-order valence-corrected chi connectivity index (χ3v) is 3.25. The van der Waals surface area contributed by atoms with Crippen molar-refractivity contribution < 1.29 is 4.39 Å². The number of nitrogens with zero attached hydrogens (tertiary/aromatic N) is 1. The molecule has 5 nitrogen and oxygen atoms in total. The van der Waals surface area contributed by atoms with Crippen molar-refractivity contribution in [3.05, 3.63) is 62.6 Å². The third-order valence-electron chi connectivity index (χ3n) is 3.25. The number of aromatic amines is 1. The standard InChI is InChI=1S/C15H18FN3O2/c1-9(2)19-14(20)12(16)13(18-15(19)21)17-10(3)11-7-5-4-6-8-11/h4-10,17H,1-3H3,(H,18,21). The van der Waals surface area contributed by atoms with Crippen LogP contribution < -0.4 is 16.6 Å². The number of hydrogen-bond acceptors (Lipinski definition) is 3. The Labute approximate surface area is 121 Å². The Hall–Kier alpha value is -2.37. The van der Waals surface area contributed by atoms with Crippen LogP contribution in [0.5, 0.6) is 0 Å². The lowest BCUT2D eigenvalue weighted by Crippen LogP contribution is -2.39. The molecule has 6 heteroatoms. The molecule has 2 N–H and O–H groups in total. The fourth-order valence-electron chi connectivity index (χ4n) is 2.14. The van der Waals surface area contributed by atoms with Gasteiger partial charge in [0.1, 0.15) is 5.82 Å². The highest BCUT2D eigenvalue weighted by Gasteiger charge is 2.17. The second kappa shape index (κ2) is 5.95. The van der Waals surface area contributed by atoms with Crippen molar-refractivity contribution in [2.75, 3.05) is 5.32 Å². The average Bonchev–Trinajstić information content (AvgIpc) is 2.45. The Morgan fingerprint density at radius 2 is 1.76 bits per heavy atom. The molecule has 0 aliphatic rings. The van der Waals surface area contributed by atoms with E-state index in [9.17, 15) is 14.0 Å². The Balaban J connectivity index is 2.38. The maximum Gasteiger partial charge on any atom is 0.330 e. The summed E-state index contributed by atoms with van der Waals surface area (Å²) in [4.78, 5) is 26.2. The number of H-pyrrole nitrogens is 1. The molecular formula is C15H18FN3O2. The Bertz CT molecular complexity index is 735. The molecule has 1 heterocycles. The summed E-state index contributed by atoms with van der Waals surface area (Å²) in [5.41, 5.74) is -0.624. The summed E-state index contributed by atoms with van der Waals surface area (Å²) in [5.74, 6) is -1.16. The van der Waals surface area contributed by atoms with Crippen LogP contribution in [0.2, 0.25) is 0 Å². The minimum absolute atomic E-state index is 0.182. The lowest BCUT2D eigenvalue weighted by atomic mass is 10.1. The number of rotatable bonds is 4. The van der Waals surface area contributed by atoms with Crippen LogP contribution >= 0.6 is 0 Å². The summed E-state index contributed by atoms with van der Waals surface area (Å²) in [7, 11) is 0. The quantitative estimate of drug-likeness (QED) is 0.909. The monoisotopic (exact) mass is 291 g/mol. The molecule has 112 valence electrons. The van der Waals surface area contributed by atoms with Crippen LogP contribution in [-0.2, 0) is 0 Å². The summed E-state index contributed by atoms with van der Waals surface area (Å²) < 4.78 is 15.0. The van der Waals surface area contributed by atoms with Gasteiger partial charge in [0.2, 0.25) is 5.82 Å². The van der Waals surface area contributed by atoms with E-state index in [0.29, 0.717) is 0 Å². The molecule has 0 radical (unpaired) electrons. The van der Waals surface area contributed by atoms with E-state index >= 15 is 0 Å². The molecule has 0 aliphatic heterocycles. The molecule has 0 saturated heterocycles. The first-order valence-electron chi connectivity index (χ1n) is 6.77. The van der Waals surface area contributed by atoms with Gasteiger partial charge in [-0.25, -0.2) is 4.79 Å². The SMILES string of the molecule is CC(Nc1[nH]c(=O)n(C(C)C)c(=O)c1F)c1ccccc1. The van der Waals surface area contributed by atoms with E-state index in [1.165, 1.54) is 0 Å². The second-order valence-electron chi connectivity index (χ2n) is 5.16. The lowest BCUT2D eigenvalue weighted by Gasteiger charge is -2.17. The van der Waals surface area contributed by atoms with Crippen LogP contribution in [0.25, 0.3) is 0 Å². The normalized spacial score (nSPS) is 12.4. The molecule has 1 aromatic carbocycles. The number of nitrogens with one attached hydrogen (secondary N) is 2. The fraction of sp³-hybridized carbons (Fsp3) is 0.333. The van der Waals surface area contributed by atoms with Crippen LogP contribution in [0.1, 0.15) is 38.4 Å². The molecule has 0 amide bonds. The number of hydrogen-bond donors (Lipinski definition) is 2. The predicted octanol–water partition coefficient (Wildman–Crippen LogP) is 2.43. The molecule has 0 aliphatic carbocycles. The summed E-state index contributed by atoms with van der Waals surface area (Å²) in [6.07, 6.45) is 0. The van der Waals surface area contributed by atoms with E-state index in [-0.39, 0.29) is 11.9 Å². The smallest absolute Gasteiger partial charge is 0.330 e. The van der Waals surface area contributed by atoms with E-state index in [0.717, 1.165) is 10.1 Å². The predicted molar refractivity (Wildman–Crippen MR) is 80.1 cm³/mol. The van der Waals surface area contributed by atoms with Gasteiger partial charge in [0, 0.05) is 12.1 Å². The van der Waals surface area contributed by atoms with Crippen molar-refractivity contribution in [2.24, 2.45) is 0 Å². The number of benzene rings is 1. The van der Waals surface area contributed by atoms with Crippen molar-refractivity contribution >= 4 is 5.82 Å². The first kappa shape index (κ1) is 15.0. The Morgan fingerprint density at radius 3 is 2.33 bits per heavy atom. The molecule has 2 aromatic rings. The van der Waals surface area contributed by atoms with Crippen LogP contribution in [0.4, 0.5) is 10.2 Å². The Kier molecular flexibility index (Phi) is 4.26. The van der Waals surface area contributed by atoms with Gasteiger partial charge in [-0.15, -0.1) is 0 Å². The van der Waals surface area contributed by atoms with Crippen molar-refractivity contribution in [1.29, 1.82) is 0 Å². The van der Waals surface area contributed by atoms with Crippen molar-refractivity contribution in [3.8, 4) is 0 Å². The molecule has 0 spiro atoms. The van der Waals surface area contributed by atoms with E-state index < -0.39 is 23.1 Å². The highest BCUT2D eigenvalue weighted by Crippen LogP contribution is 2.17. The molecule has 0 saturated carbocycles. The van der Waals surface area contributed by atoms with Crippen molar-refractivity contribution in [3.63, 3.8) is 0 Å². The maximum absolute atomic E-state index is 14.1. The first-order chi connectivity index (χ1) is 9.91. The zero-order chi connectivity index (χ0) is 15.6. The van der Waals surface area contributed by atoms with E-state index in [4.69, 9.17) is 0 Å². The zero-order valence-corrected chi connectivity index (χ0v) is 12.2.